The number of carbonyl (C=O) groups excluding carboxylic acids is 1. The summed E-state index contributed by atoms with van der Waals surface area (Å²) < 4.78 is 25.7. The Morgan fingerprint density at radius 1 is 1.25 bits per heavy atom. The number of fused-ring (bicyclic) bond motifs is 2. The molecule has 2 heterocycles. The number of rotatable bonds is 2. The summed E-state index contributed by atoms with van der Waals surface area (Å²) in [4.78, 5) is 12.5. The van der Waals surface area contributed by atoms with Crippen LogP contribution in [0.5, 0.6) is 0 Å². The highest BCUT2D eigenvalue weighted by molar-refractivity contribution is 7.86. The lowest BCUT2D eigenvalue weighted by Gasteiger charge is -2.37. The van der Waals surface area contributed by atoms with Crippen molar-refractivity contribution in [2.24, 2.45) is 5.92 Å². The first kappa shape index (κ1) is 13.9. The lowest BCUT2D eigenvalue weighted by atomic mass is 9.84. The van der Waals surface area contributed by atoms with Gasteiger partial charge in [-0.1, -0.05) is 18.6 Å². The number of aryl methyl sites for hydroxylation is 1. The van der Waals surface area contributed by atoms with Gasteiger partial charge in [0.05, 0.1) is 0 Å². The zero-order valence-corrected chi connectivity index (χ0v) is 12.4. The first-order valence-corrected chi connectivity index (χ1v) is 8.53. The van der Waals surface area contributed by atoms with Crippen molar-refractivity contribution < 1.29 is 13.4 Å². The van der Waals surface area contributed by atoms with Crippen LogP contribution < -0.4 is 0 Å². The third-order valence-electron chi connectivity index (χ3n) is 4.63. The molecule has 2 aliphatic heterocycles. The average molecular weight is 294 g/mol. The van der Waals surface area contributed by atoms with Crippen molar-refractivity contribution in [1.29, 1.82) is 0 Å². The van der Waals surface area contributed by atoms with E-state index in [0.29, 0.717) is 24.0 Å². The Morgan fingerprint density at radius 3 is 2.50 bits per heavy atom. The molecule has 0 amide bonds. The molecule has 2 bridgehead atoms. The molecule has 20 heavy (non-hydrogen) atoms. The molecule has 4 heteroatoms. The maximum atomic E-state index is 13.6. The number of ketones is 1. The number of halogens is 1. The minimum atomic E-state index is -0.764. The Labute approximate surface area is 121 Å². The molecule has 2 nitrogen and oxygen atoms in total. The molecule has 0 radical (unpaired) electrons. The van der Waals surface area contributed by atoms with Crippen LogP contribution in [-0.4, -0.2) is 20.5 Å². The largest absolute Gasteiger partial charge is 0.294 e. The molecule has 2 unspecified atom stereocenters. The number of carbonyl (C=O) groups is 1. The molecule has 2 aliphatic rings. The van der Waals surface area contributed by atoms with Crippen molar-refractivity contribution in [3.63, 3.8) is 0 Å². The predicted octanol–water partition coefficient (Wildman–Crippen LogP) is 3.40. The molecule has 2 atom stereocenters. The van der Waals surface area contributed by atoms with E-state index in [1.165, 1.54) is 6.07 Å². The van der Waals surface area contributed by atoms with Crippen molar-refractivity contribution >= 4 is 16.6 Å². The molecule has 2 fully saturated rings. The van der Waals surface area contributed by atoms with E-state index in [9.17, 15) is 13.4 Å². The van der Waals surface area contributed by atoms with Gasteiger partial charge in [0.1, 0.15) is 5.82 Å². The molecular formula is C16H19FO2S. The Kier molecular flexibility index (Phi) is 3.76. The smallest absolute Gasteiger partial charge is 0.166 e. The predicted molar refractivity (Wildman–Crippen MR) is 77.8 cm³/mol. The second-order valence-corrected chi connectivity index (χ2v) is 7.99. The highest BCUT2D eigenvalue weighted by atomic mass is 32.2. The van der Waals surface area contributed by atoms with Crippen LogP contribution in [0.4, 0.5) is 4.39 Å². The third-order valence-corrected chi connectivity index (χ3v) is 6.80. The van der Waals surface area contributed by atoms with Crippen molar-refractivity contribution in [3.8, 4) is 0 Å². The summed E-state index contributed by atoms with van der Waals surface area (Å²) in [6.07, 6.45) is 4.47. The fraction of sp³-hybridized carbons (Fsp3) is 0.562. The summed E-state index contributed by atoms with van der Waals surface area (Å²) in [6.45, 7) is 1.69. The highest BCUT2D eigenvalue weighted by Gasteiger charge is 2.40. The lowest BCUT2D eigenvalue weighted by Crippen LogP contribution is -2.41. The fourth-order valence-electron chi connectivity index (χ4n) is 3.43. The summed E-state index contributed by atoms with van der Waals surface area (Å²) in [6, 6.07) is 4.71. The third kappa shape index (κ3) is 2.46. The van der Waals surface area contributed by atoms with Crippen molar-refractivity contribution in [3.05, 3.63) is 35.1 Å². The quantitative estimate of drug-likeness (QED) is 0.783. The van der Waals surface area contributed by atoms with Crippen LogP contribution in [0.25, 0.3) is 0 Å². The summed E-state index contributed by atoms with van der Waals surface area (Å²) in [5.74, 6) is -0.377. The molecule has 0 spiro atoms. The van der Waals surface area contributed by atoms with E-state index in [-0.39, 0.29) is 28.0 Å². The first-order valence-electron chi connectivity index (χ1n) is 7.26. The van der Waals surface area contributed by atoms with Crippen molar-refractivity contribution in [2.75, 3.05) is 0 Å². The number of hydrogen-bond donors (Lipinski definition) is 0. The summed E-state index contributed by atoms with van der Waals surface area (Å²) in [5, 5.41) is 0.346. The van der Waals surface area contributed by atoms with Crippen LogP contribution >= 0.6 is 0 Å². The highest BCUT2D eigenvalue weighted by Crippen LogP contribution is 2.38. The Hall–Kier alpha value is -1.03. The van der Waals surface area contributed by atoms with Crippen LogP contribution in [0.2, 0.25) is 0 Å². The van der Waals surface area contributed by atoms with Gasteiger partial charge in [0, 0.05) is 32.8 Å². The van der Waals surface area contributed by atoms with Gasteiger partial charge in [-0.2, -0.15) is 0 Å². The van der Waals surface area contributed by atoms with Gasteiger partial charge in [-0.25, -0.2) is 4.39 Å². The van der Waals surface area contributed by atoms with Gasteiger partial charge in [-0.3, -0.25) is 9.00 Å². The average Bonchev–Trinajstić information content (AvgIpc) is 2.41. The molecule has 108 valence electrons. The van der Waals surface area contributed by atoms with Gasteiger partial charge in [0.25, 0.3) is 0 Å². The molecule has 2 saturated heterocycles. The normalized spacial score (nSPS) is 32.9. The van der Waals surface area contributed by atoms with Crippen LogP contribution in [0.15, 0.2) is 18.2 Å². The number of Topliss-reactive ketones (excluding diaryl/α,β-unsaturated/α-hetero) is 1. The molecule has 3 rings (SSSR count). The Balaban J connectivity index is 1.81. The topological polar surface area (TPSA) is 34.1 Å². The van der Waals surface area contributed by atoms with Crippen LogP contribution in [0.1, 0.15) is 48.0 Å². The van der Waals surface area contributed by atoms with Gasteiger partial charge in [0.15, 0.2) is 5.78 Å². The van der Waals surface area contributed by atoms with Gasteiger partial charge in [-0.05, 0) is 44.2 Å². The minimum Gasteiger partial charge on any atom is -0.294 e. The standard InChI is InChI=1S/C16H19FO2S/c1-10-5-6-11(9-15(10)17)16(18)12-7-13-3-2-4-14(8-12)20(13)19/h5-6,9,12-14H,2-4,7-8H2,1H3. The van der Waals surface area contributed by atoms with Crippen LogP contribution in [0.3, 0.4) is 0 Å². The van der Waals surface area contributed by atoms with E-state index in [0.717, 1.165) is 19.3 Å². The summed E-state index contributed by atoms with van der Waals surface area (Å²) in [5.41, 5.74) is 1.02. The molecule has 0 saturated carbocycles. The van der Waals surface area contributed by atoms with Gasteiger partial charge in [-0.15, -0.1) is 0 Å². The first-order chi connectivity index (χ1) is 9.56. The van der Waals surface area contributed by atoms with Gasteiger partial charge < -0.3 is 0 Å². The van der Waals surface area contributed by atoms with E-state index in [2.05, 4.69) is 0 Å². The van der Waals surface area contributed by atoms with Crippen LogP contribution in [0, 0.1) is 18.7 Å². The number of benzene rings is 1. The van der Waals surface area contributed by atoms with E-state index in [1.807, 2.05) is 0 Å². The molecule has 0 aliphatic carbocycles. The van der Waals surface area contributed by atoms with E-state index < -0.39 is 10.8 Å². The Bertz CT molecular complexity index is 554. The van der Waals surface area contributed by atoms with E-state index in [1.54, 1.807) is 19.1 Å². The molecule has 0 aromatic heterocycles. The SMILES string of the molecule is Cc1ccc(C(=O)C2CC3CCCC(C2)S3=O)cc1F. The monoisotopic (exact) mass is 294 g/mol. The zero-order valence-electron chi connectivity index (χ0n) is 11.6. The molecule has 0 N–H and O–H groups in total. The fourth-order valence-corrected chi connectivity index (χ4v) is 5.62. The minimum absolute atomic E-state index is 0.0255. The maximum Gasteiger partial charge on any atom is 0.166 e. The van der Waals surface area contributed by atoms with Gasteiger partial charge >= 0.3 is 0 Å². The maximum absolute atomic E-state index is 13.6. The van der Waals surface area contributed by atoms with Crippen molar-refractivity contribution in [1.82, 2.24) is 0 Å². The molecular weight excluding hydrogens is 275 g/mol. The van der Waals surface area contributed by atoms with Crippen molar-refractivity contribution in [2.45, 2.75) is 49.5 Å². The molecule has 1 aromatic carbocycles. The molecule has 1 aromatic rings. The van der Waals surface area contributed by atoms with E-state index in [4.69, 9.17) is 0 Å². The van der Waals surface area contributed by atoms with Crippen LogP contribution in [-0.2, 0) is 10.8 Å². The summed E-state index contributed by atoms with van der Waals surface area (Å²) in [7, 11) is -0.764. The zero-order chi connectivity index (χ0) is 14.3. The van der Waals surface area contributed by atoms with Gasteiger partial charge in [0.2, 0.25) is 0 Å². The van der Waals surface area contributed by atoms with E-state index >= 15 is 0 Å². The Morgan fingerprint density at radius 2 is 1.90 bits per heavy atom. The second kappa shape index (κ2) is 5.40. The lowest BCUT2D eigenvalue weighted by molar-refractivity contribution is 0.0895. The summed E-state index contributed by atoms with van der Waals surface area (Å²) >= 11 is 0. The second-order valence-electron chi connectivity index (χ2n) is 6.00. The number of hydrogen-bond acceptors (Lipinski definition) is 2.